The van der Waals surface area contributed by atoms with Crippen molar-refractivity contribution in [1.29, 1.82) is 0 Å². The van der Waals surface area contributed by atoms with E-state index in [1.165, 1.54) is 19.4 Å². The molecule has 1 aliphatic carbocycles. The summed E-state index contributed by atoms with van der Waals surface area (Å²) >= 11 is 0. The van der Waals surface area contributed by atoms with Gasteiger partial charge >= 0.3 is 0 Å². The molecule has 1 nitrogen and oxygen atoms in total. The van der Waals surface area contributed by atoms with Crippen molar-refractivity contribution in [2.75, 3.05) is 13.6 Å². The van der Waals surface area contributed by atoms with Gasteiger partial charge in [0, 0.05) is 6.54 Å². The Morgan fingerprint density at radius 1 is 1.33 bits per heavy atom. The number of fused-ring (bicyclic) bond motifs is 2. The molecule has 62 valence electrons. The van der Waals surface area contributed by atoms with Crippen LogP contribution in [-0.2, 0) is 12.0 Å². The van der Waals surface area contributed by atoms with Crippen molar-refractivity contribution in [3.05, 3.63) is 35.4 Å². The first-order valence-electron chi connectivity index (χ1n) is 4.63. The zero-order chi connectivity index (χ0) is 8.18. The number of rotatable bonds is 0. The Balaban J connectivity index is 2.15. The highest BCUT2D eigenvalue weighted by Crippen LogP contribution is 2.50. The monoisotopic (exact) mass is 159 g/mol. The van der Waals surface area contributed by atoms with E-state index in [2.05, 4.69) is 36.2 Å². The van der Waals surface area contributed by atoms with Crippen molar-refractivity contribution in [3.8, 4) is 0 Å². The predicted molar refractivity (Wildman–Crippen MR) is 49.1 cm³/mol. The molecule has 0 amide bonds. The zero-order valence-electron chi connectivity index (χ0n) is 7.38. The number of hydrogen-bond donors (Lipinski definition) is 0. The Labute approximate surface area is 73.0 Å². The fourth-order valence-corrected chi connectivity index (χ4v) is 2.59. The molecule has 1 spiro atoms. The highest BCUT2D eigenvalue weighted by atomic mass is 15.3. The average molecular weight is 159 g/mol. The molecular weight excluding hydrogens is 146 g/mol. The van der Waals surface area contributed by atoms with E-state index in [-0.39, 0.29) is 0 Å². The topological polar surface area (TPSA) is 3.01 Å². The van der Waals surface area contributed by atoms with E-state index in [1.54, 1.807) is 11.1 Å². The molecule has 2 unspecified atom stereocenters. The van der Waals surface area contributed by atoms with Crippen LogP contribution >= 0.6 is 0 Å². The van der Waals surface area contributed by atoms with Gasteiger partial charge in [0.05, 0.1) is 5.54 Å². The SMILES string of the molecule is CN1CC12CCc1ccccc12. The lowest BCUT2D eigenvalue weighted by atomic mass is 10.0. The van der Waals surface area contributed by atoms with Gasteiger partial charge in [-0.3, -0.25) is 4.90 Å². The van der Waals surface area contributed by atoms with Gasteiger partial charge in [-0.2, -0.15) is 0 Å². The Hall–Kier alpha value is -0.820. The third kappa shape index (κ3) is 0.632. The molecule has 0 N–H and O–H groups in total. The van der Waals surface area contributed by atoms with Gasteiger partial charge in [-0.25, -0.2) is 0 Å². The summed E-state index contributed by atoms with van der Waals surface area (Å²) in [6, 6.07) is 8.89. The average Bonchev–Trinajstić information content (AvgIpc) is 2.58. The Kier molecular flexibility index (Phi) is 1.06. The summed E-state index contributed by atoms with van der Waals surface area (Å²) in [6.45, 7) is 1.27. The Bertz CT molecular complexity index is 332. The van der Waals surface area contributed by atoms with E-state index in [0.29, 0.717) is 5.54 Å². The van der Waals surface area contributed by atoms with Gasteiger partial charge in [0.15, 0.2) is 0 Å². The first-order chi connectivity index (χ1) is 5.83. The maximum absolute atomic E-state index is 2.46. The van der Waals surface area contributed by atoms with E-state index in [1.807, 2.05) is 0 Å². The van der Waals surface area contributed by atoms with Crippen molar-refractivity contribution < 1.29 is 0 Å². The third-order valence-electron chi connectivity index (χ3n) is 3.45. The molecule has 0 radical (unpaired) electrons. The second-order valence-corrected chi connectivity index (χ2v) is 4.04. The third-order valence-corrected chi connectivity index (χ3v) is 3.45. The summed E-state index contributed by atoms with van der Waals surface area (Å²) in [7, 11) is 2.22. The van der Waals surface area contributed by atoms with Crippen LogP contribution in [0.25, 0.3) is 0 Å². The van der Waals surface area contributed by atoms with Crippen molar-refractivity contribution in [1.82, 2.24) is 4.90 Å². The molecule has 0 aromatic heterocycles. The van der Waals surface area contributed by atoms with Gasteiger partial charge in [0.1, 0.15) is 0 Å². The van der Waals surface area contributed by atoms with Gasteiger partial charge in [-0.05, 0) is 31.0 Å². The molecule has 0 saturated carbocycles. The lowest BCUT2D eigenvalue weighted by Gasteiger charge is -2.08. The van der Waals surface area contributed by atoms with Gasteiger partial charge in [0.25, 0.3) is 0 Å². The van der Waals surface area contributed by atoms with Crippen LogP contribution in [0.1, 0.15) is 17.5 Å². The van der Waals surface area contributed by atoms with Gasteiger partial charge in [-0.15, -0.1) is 0 Å². The van der Waals surface area contributed by atoms with Crippen LogP contribution in [-0.4, -0.2) is 18.5 Å². The van der Waals surface area contributed by atoms with Crippen LogP contribution in [0.5, 0.6) is 0 Å². The highest BCUT2D eigenvalue weighted by Gasteiger charge is 2.53. The second-order valence-electron chi connectivity index (χ2n) is 4.04. The molecule has 1 saturated heterocycles. The van der Waals surface area contributed by atoms with Crippen molar-refractivity contribution in [2.24, 2.45) is 0 Å². The van der Waals surface area contributed by atoms with Crippen LogP contribution in [0.3, 0.4) is 0 Å². The molecular formula is C11H13N. The predicted octanol–water partition coefficient (Wildman–Crippen LogP) is 1.77. The first kappa shape index (κ1) is 6.67. The molecule has 0 bridgehead atoms. The van der Waals surface area contributed by atoms with E-state index in [9.17, 15) is 0 Å². The maximum atomic E-state index is 2.46. The summed E-state index contributed by atoms with van der Waals surface area (Å²) in [5.41, 5.74) is 3.63. The summed E-state index contributed by atoms with van der Waals surface area (Å²) < 4.78 is 0. The van der Waals surface area contributed by atoms with Gasteiger partial charge < -0.3 is 0 Å². The van der Waals surface area contributed by atoms with Crippen LogP contribution in [0, 0.1) is 0 Å². The lowest BCUT2D eigenvalue weighted by Crippen LogP contribution is -2.08. The first-order valence-corrected chi connectivity index (χ1v) is 4.63. The molecule has 3 rings (SSSR count). The number of nitrogens with zero attached hydrogens (tertiary/aromatic N) is 1. The van der Waals surface area contributed by atoms with Crippen LogP contribution in [0.2, 0.25) is 0 Å². The summed E-state index contributed by atoms with van der Waals surface area (Å²) in [5.74, 6) is 0. The van der Waals surface area contributed by atoms with E-state index in [0.717, 1.165) is 0 Å². The zero-order valence-corrected chi connectivity index (χ0v) is 7.38. The summed E-state index contributed by atoms with van der Waals surface area (Å²) in [5, 5.41) is 0. The smallest absolute Gasteiger partial charge is 0.0592 e. The number of aryl methyl sites for hydroxylation is 1. The molecule has 2 atom stereocenters. The fourth-order valence-electron chi connectivity index (χ4n) is 2.59. The van der Waals surface area contributed by atoms with E-state index < -0.39 is 0 Å². The standard InChI is InChI=1S/C11H13N/c1-12-8-11(12)7-6-9-4-2-3-5-10(9)11/h2-5H,6-8H2,1H3. The lowest BCUT2D eigenvalue weighted by molar-refractivity contribution is 0.476. The molecule has 1 heteroatoms. The fraction of sp³-hybridized carbons (Fsp3) is 0.455. The number of hydrogen-bond acceptors (Lipinski definition) is 1. The normalized spacial score (nSPS) is 36.9. The summed E-state index contributed by atoms with van der Waals surface area (Å²) in [6.07, 6.45) is 2.61. The number of benzene rings is 1. The molecule has 1 aromatic rings. The largest absolute Gasteiger partial charge is 0.293 e. The van der Waals surface area contributed by atoms with Crippen LogP contribution in [0.15, 0.2) is 24.3 Å². The van der Waals surface area contributed by atoms with Gasteiger partial charge in [-0.1, -0.05) is 24.3 Å². The Morgan fingerprint density at radius 2 is 2.08 bits per heavy atom. The molecule has 2 aliphatic rings. The summed E-state index contributed by atoms with van der Waals surface area (Å²) in [4.78, 5) is 2.46. The van der Waals surface area contributed by atoms with Crippen molar-refractivity contribution in [2.45, 2.75) is 18.4 Å². The quantitative estimate of drug-likeness (QED) is 0.521. The molecule has 12 heavy (non-hydrogen) atoms. The van der Waals surface area contributed by atoms with Gasteiger partial charge in [0.2, 0.25) is 0 Å². The molecule has 1 aliphatic heterocycles. The van der Waals surface area contributed by atoms with Crippen molar-refractivity contribution >= 4 is 0 Å². The second kappa shape index (κ2) is 1.91. The van der Waals surface area contributed by atoms with E-state index >= 15 is 0 Å². The minimum atomic E-state index is 0.469. The number of likely N-dealkylation sites (N-methyl/N-ethyl adjacent to an activating group) is 1. The highest BCUT2D eigenvalue weighted by molar-refractivity contribution is 5.43. The van der Waals surface area contributed by atoms with E-state index in [4.69, 9.17) is 0 Å². The van der Waals surface area contributed by atoms with Crippen LogP contribution in [0.4, 0.5) is 0 Å². The maximum Gasteiger partial charge on any atom is 0.0592 e. The van der Waals surface area contributed by atoms with Crippen molar-refractivity contribution in [3.63, 3.8) is 0 Å². The molecule has 1 aromatic carbocycles. The molecule has 1 heterocycles. The minimum absolute atomic E-state index is 0.469. The van der Waals surface area contributed by atoms with Crippen LogP contribution < -0.4 is 0 Å². The minimum Gasteiger partial charge on any atom is -0.293 e. The molecule has 1 fully saturated rings. The Morgan fingerprint density at radius 3 is 2.83 bits per heavy atom.